The molecule has 1 rings (SSSR count). The number of phenolic OH excluding ortho intramolecular Hbond substituents is 1. The fourth-order valence-corrected chi connectivity index (χ4v) is 3.29. The Balaban J connectivity index is 2.24. The number of rotatable bonds is 13. The zero-order valence-electron chi connectivity index (χ0n) is 15.9. The van der Waals surface area contributed by atoms with Gasteiger partial charge in [0, 0.05) is 18.2 Å². The average molecular weight is 385 g/mol. The molecule has 148 valence electrons. The summed E-state index contributed by atoms with van der Waals surface area (Å²) in [6, 6.07) is 4.31. The number of carbonyl (C=O) groups excluding carboxylic acids is 1. The second-order valence-corrected chi connectivity index (χ2v) is 8.48. The molecule has 0 saturated heterocycles. The summed E-state index contributed by atoms with van der Waals surface area (Å²) in [7, 11) is -3.46. The summed E-state index contributed by atoms with van der Waals surface area (Å²) in [6.07, 6.45) is 12.2. The molecule has 1 amide bonds. The molecule has 0 aliphatic heterocycles. The number of unbranched alkanes of at least 4 members (excludes halogenated alkanes) is 8. The SMILES string of the molecule is CCCCCCCCCCCC(=O)Nc1ccc(NS(C)(=O)=O)c(O)c1. The number of aromatic hydroxyl groups is 1. The molecule has 0 saturated carbocycles. The zero-order valence-corrected chi connectivity index (χ0v) is 16.7. The molecule has 0 bridgehead atoms. The molecule has 0 atom stereocenters. The first-order valence-electron chi connectivity index (χ1n) is 9.42. The lowest BCUT2D eigenvalue weighted by Gasteiger charge is -2.09. The Hall–Kier alpha value is -1.76. The molecule has 0 heterocycles. The molecular formula is C19H32N2O4S. The van der Waals surface area contributed by atoms with Gasteiger partial charge < -0.3 is 10.4 Å². The topological polar surface area (TPSA) is 95.5 Å². The predicted octanol–water partition coefficient (Wildman–Crippen LogP) is 4.62. The van der Waals surface area contributed by atoms with Gasteiger partial charge in [0.05, 0.1) is 11.9 Å². The van der Waals surface area contributed by atoms with Gasteiger partial charge in [-0.15, -0.1) is 0 Å². The van der Waals surface area contributed by atoms with Crippen LogP contribution in [0.5, 0.6) is 5.75 Å². The number of nitrogens with one attached hydrogen (secondary N) is 2. The quantitative estimate of drug-likeness (QED) is 0.341. The Morgan fingerprint density at radius 2 is 1.58 bits per heavy atom. The van der Waals surface area contributed by atoms with E-state index in [1.807, 2.05) is 0 Å². The largest absolute Gasteiger partial charge is 0.506 e. The molecule has 7 heteroatoms. The molecule has 1 aromatic carbocycles. The molecule has 0 fully saturated rings. The highest BCUT2D eigenvalue weighted by molar-refractivity contribution is 7.92. The van der Waals surface area contributed by atoms with E-state index in [1.165, 1.54) is 50.7 Å². The van der Waals surface area contributed by atoms with Crippen LogP contribution in [0.25, 0.3) is 0 Å². The van der Waals surface area contributed by atoms with Crippen LogP contribution in [0.2, 0.25) is 0 Å². The molecule has 0 radical (unpaired) electrons. The van der Waals surface area contributed by atoms with Crippen LogP contribution in [0.3, 0.4) is 0 Å². The molecule has 6 nitrogen and oxygen atoms in total. The maximum Gasteiger partial charge on any atom is 0.229 e. The van der Waals surface area contributed by atoms with Crippen LogP contribution in [-0.4, -0.2) is 25.7 Å². The van der Waals surface area contributed by atoms with E-state index in [4.69, 9.17) is 0 Å². The predicted molar refractivity (Wildman–Crippen MR) is 107 cm³/mol. The molecule has 0 spiro atoms. The van der Waals surface area contributed by atoms with Crippen molar-refractivity contribution in [3.63, 3.8) is 0 Å². The highest BCUT2D eigenvalue weighted by atomic mass is 32.2. The lowest BCUT2D eigenvalue weighted by molar-refractivity contribution is -0.116. The Kier molecular flexibility index (Phi) is 10.1. The van der Waals surface area contributed by atoms with Gasteiger partial charge in [-0.05, 0) is 18.6 Å². The molecule has 26 heavy (non-hydrogen) atoms. The van der Waals surface area contributed by atoms with Crippen molar-refractivity contribution in [2.24, 2.45) is 0 Å². The van der Waals surface area contributed by atoms with Crippen molar-refractivity contribution in [2.75, 3.05) is 16.3 Å². The maximum absolute atomic E-state index is 11.9. The third kappa shape index (κ3) is 10.3. The minimum Gasteiger partial charge on any atom is -0.506 e. The van der Waals surface area contributed by atoms with Crippen molar-refractivity contribution in [3.8, 4) is 5.75 Å². The Morgan fingerprint density at radius 1 is 1.00 bits per heavy atom. The molecule has 0 aliphatic rings. The van der Waals surface area contributed by atoms with E-state index in [0.717, 1.165) is 25.5 Å². The molecule has 3 N–H and O–H groups in total. The summed E-state index contributed by atoms with van der Waals surface area (Å²) in [5.74, 6) is -0.326. The lowest BCUT2D eigenvalue weighted by atomic mass is 10.1. The van der Waals surface area contributed by atoms with Gasteiger partial charge in [-0.3, -0.25) is 9.52 Å². The normalized spacial score (nSPS) is 11.3. The highest BCUT2D eigenvalue weighted by Gasteiger charge is 2.09. The maximum atomic E-state index is 11.9. The van der Waals surface area contributed by atoms with Crippen molar-refractivity contribution < 1.29 is 18.3 Å². The van der Waals surface area contributed by atoms with E-state index in [0.29, 0.717) is 12.1 Å². The van der Waals surface area contributed by atoms with Gasteiger partial charge in [0.1, 0.15) is 5.75 Å². The first-order chi connectivity index (χ1) is 12.3. The fourth-order valence-electron chi connectivity index (χ4n) is 2.72. The first-order valence-corrected chi connectivity index (χ1v) is 11.3. The molecule has 0 unspecified atom stereocenters. The monoisotopic (exact) mass is 384 g/mol. The number of hydrogen-bond donors (Lipinski definition) is 3. The second-order valence-electron chi connectivity index (χ2n) is 6.73. The van der Waals surface area contributed by atoms with Crippen molar-refractivity contribution in [1.29, 1.82) is 0 Å². The third-order valence-corrected chi connectivity index (χ3v) is 4.67. The van der Waals surface area contributed by atoms with Crippen molar-refractivity contribution in [2.45, 2.75) is 71.1 Å². The standard InChI is InChI=1S/C19H32N2O4S/c1-3-4-5-6-7-8-9-10-11-12-19(23)20-16-13-14-17(18(22)15-16)21-26(2,24)25/h13-15,21-22H,3-12H2,1-2H3,(H,20,23). The summed E-state index contributed by atoms with van der Waals surface area (Å²) in [6.45, 7) is 2.22. The van der Waals surface area contributed by atoms with Crippen LogP contribution in [0.1, 0.15) is 71.1 Å². The van der Waals surface area contributed by atoms with Crippen molar-refractivity contribution in [1.82, 2.24) is 0 Å². The summed E-state index contributed by atoms with van der Waals surface area (Å²) in [4.78, 5) is 11.9. The van der Waals surface area contributed by atoms with Crippen molar-refractivity contribution in [3.05, 3.63) is 18.2 Å². The number of phenols is 1. The zero-order chi connectivity index (χ0) is 19.4. The Morgan fingerprint density at radius 3 is 2.12 bits per heavy atom. The van der Waals surface area contributed by atoms with Gasteiger partial charge in [-0.25, -0.2) is 8.42 Å². The number of carbonyl (C=O) groups is 1. The van der Waals surface area contributed by atoms with E-state index in [2.05, 4.69) is 17.0 Å². The van der Waals surface area contributed by atoms with E-state index >= 15 is 0 Å². The van der Waals surface area contributed by atoms with Gasteiger partial charge >= 0.3 is 0 Å². The summed E-state index contributed by atoms with van der Waals surface area (Å²) in [5, 5.41) is 12.6. The fraction of sp³-hybridized carbons (Fsp3) is 0.632. The van der Waals surface area contributed by atoms with Crippen LogP contribution >= 0.6 is 0 Å². The Labute approximate surface area is 157 Å². The van der Waals surface area contributed by atoms with E-state index in [-0.39, 0.29) is 17.3 Å². The molecule has 1 aromatic rings. The second kappa shape index (κ2) is 11.8. The number of benzene rings is 1. The van der Waals surface area contributed by atoms with Gasteiger partial charge in [-0.1, -0.05) is 58.3 Å². The van der Waals surface area contributed by atoms with E-state index in [1.54, 1.807) is 6.07 Å². The van der Waals surface area contributed by atoms with Gasteiger partial charge in [-0.2, -0.15) is 0 Å². The third-order valence-electron chi connectivity index (χ3n) is 4.08. The molecular weight excluding hydrogens is 352 g/mol. The number of sulfonamides is 1. The van der Waals surface area contributed by atoms with Crippen molar-refractivity contribution >= 4 is 27.3 Å². The smallest absolute Gasteiger partial charge is 0.229 e. The number of amides is 1. The first kappa shape index (κ1) is 22.3. The summed E-state index contributed by atoms with van der Waals surface area (Å²) < 4.78 is 24.6. The van der Waals surface area contributed by atoms with E-state index < -0.39 is 10.0 Å². The molecule has 0 aliphatic carbocycles. The van der Waals surface area contributed by atoms with Crippen LogP contribution in [0.15, 0.2) is 18.2 Å². The van der Waals surface area contributed by atoms with Gasteiger partial charge in [0.25, 0.3) is 0 Å². The minimum absolute atomic E-state index is 0.0874. The molecule has 0 aromatic heterocycles. The van der Waals surface area contributed by atoms with Gasteiger partial charge in [0.2, 0.25) is 15.9 Å². The highest BCUT2D eigenvalue weighted by Crippen LogP contribution is 2.27. The van der Waals surface area contributed by atoms with Crippen LogP contribution in [0, 0.1) is 0 Å². The van der Waals surface area contributed by atoms with Gasteiger partial charge in [0.15, 0.2) is 0 Å². The Bertz CT molecular complexity index is 660. The number of anilines is 2. The van der Waals surface area contributed by atoms with Crippen LogP contribution in [-0.2, 0) is 14.8 Å². The van der Waals surface area contributed by atoms with E-state index in [9.17, 15) is 18.3 Å². The van der Waals surface area contributed by atoms with Crippen LogP contribution in [0.4, 0.5) is 11.4 Å². The average Bonchev–Trinajstić information content (AvgIpc) is 2.55. The summed E-state index contributed by atoms with van der Waals surface area (Å²) in [5.41, 5.74) is 0.534. The lowest BCUT2D eigenvalue weighted by Crippen LogP contribution is -2.12. The number of hydrogen-bond acceptors (Lipinski definition) is 4. The minimum atomic E-state index is -3.46. The van der Waals surface area contributed by atoms with Crippen LogP contribution < -0.4 is 10.0 Å². The summed E-state index contributed by atoms with van der Waals surface area (Å²) >= 11 is 0.